The Morgan fingerprint density at radius 3 is 1.06 bits per heavy atom. The van der Waals surface area contributed by atoms with Gasteiger partial charge in [-0.05, 0) is 72.2 Å². The highest BCUT2D eigenvalue weighted by Gasteiger charge is 2.35. The van der Waals surface area contributed by atoms with Crippen molar-refractivity contribution in [2.24, 2.45) is 0 Å². The van der Waals surface area contributed by atoms with Gasteiger partial charge in [0, 0.05) is 0 Å². The van der Waals surface area contributed by atoms with E-state index in [1.165, 1.54) is 0 Å². The zero-order chi connectivity index (χ0) is 23.8. The topological polar surface area (TPSA) is 68.3 Å². The number of sulfone groups is 2. The predicted molar refractivity (Wildman–Crippen MR) is 128 cm³/mol. The van der Waals surface area contributed by atoms with E-state index in [1.807, 2.05) is 27.7 Å². The fraction of sp³-hybridized carbons (Fsp3) is 0.308. The third kappa shape index (κ3) is 4.02. The van der Waals surface area contributed by atoms with Crippen molar-refractivity contribution in [1.82, 2.24) is 0 Å². The van der Waals surface area contributed by atoms with Gasteiger partial charge in [-0.15, -0.1) is 0 Å². The molecule has 6 heteroatoms. The monoisotopic (exact) mass is 470 g/mol. The van der Waals surface area contributed by atoms with Gasteiger partial charge in [0.2, 0.25) is 19.7 Å². The molecule has 170 valence electrons. The molecule has 0 saturated heterocycles. The molecule has 0 N–H and O–H groups in total. The lowest BCUT2D eigenvalue weighted by atomic mass is 9.87. The average Bonchev–Trinajstić information content (AvgIpc) is 2.75. The Balaban J connectivity index is 2.53. The van der Waals surface area contributed by atoms with Crippen LogP contribution in [-0.4, -0.2) is 16.8 Å². The van der Waals surface area contributed by atoms with Crippen LogP contribution in [-0.2, 0) is 19.7 Å². The number of rotatable bonds is 6. The quantitative estimate of drug-likeness (QED) is 0.429. The van der Waals surface area contributed by atoms with E-state index in [1.54, 1.807) is 74.5 Å². The maximum absolute atomic E-state index is 13.8. The zero-order valence-corrected chi connectivity index (χ0v) is 21.0. The van der Waals surface area contributed by atoms with Crippen molar-refractivity contribution in [2.45, 2.75) is 73.0 Å². The fourth-order valence-electron chi connectivity index (χ4n) is 4.26. The first-order valence-corrected chi connectivity index (χ1v) is 13.7. The molecular weight excluding hydrogens is 440 g/mol. The van der Waals surface area contributed by atoms with Crippen molar-refractivity contribution in [3.8, 4) is 0 Å². The van der Waals surface area contributed by atoms with Crippen LogP contribution in [0.3, 0.4) is 0 Å². The molecular formula is C26H30O4S2. The van der Waals surface area contributed by atoms with Crippen molar-refractivity contribution >= 4 is 19.7 Å². The van der Waals surface area contributed by atoms with Crippen LogP contribution < -0.4 is 0 Å². The lowest BCUT2D eigenvalue weighted by Gasteiger charge is -2.27. The van der Waals surface area contributed by atoms with Gasteiger partial charge in [0.25, 0.3) is 0 Å². The molecule has 0 saturated carbocycles. The molecule has 0 aliphatic carbocycles. The highest BCUT2D eigenvalue weighted by Crippen LogP contribution is 2.44. The van der Waals surface area contributed by atoms with Gasteiger partial charge in [0.15, 0.2) is 0 Å². The van der Waals surface area contributed by atoms with Gasteiger partial charge in [-0.1, -0.05) is 64.1 Å². The first-order chi connectivity index (χ1) is 14.9. The molecule has 0 aromatic heterocycles. The van der Waals surface area contributed by atoms with Crippen molar-refractivity contribution < 1.29 is 16.8 Å². The average molecular weight is 471 g/mol. The minimum Gasteiger partial charge on any atom is -0.218 e. The lowest BCUT2D eigenvalue weighted by molar-refractivity contribution is 0.584. The summed E-state index contributed by atoms with van der Waals surface area (Å²) in [5, 5.41) is 0. The van der Waals surface area contributed by atoms with Gasteiger partial charge >= 0.3 is 0 Å². The maximum atomic E-state index is 13.8. The lowest BCUT2D eigenvalue weighted by Crippen LogP contribution is -2.19. The van der Waals surface area contributed by atoms with Gasteiger partial charge in [-0.25, -0.2) is 16.8 Å². The SMILES string of the molecule is Cc1c(C)c(S(=O)(=O)c2ccccc2)c(C(C)C)c(C(C)C)c1S(=O)(=O)c1ccccc1. The van der Waals surface area contributed by atoms with E-state index in [4.69, 9.17) is 0 Å². The molecule has 4 nitrogen and oxygen atoms in total. The van der Waals surface area contributed by atoms with Gasteiger partial charge < -0.3 is 0 Å². The zero-order valence-electron chi connectivity index (χ0n) is 19.4. The summed E-state index contributed by atoms with van der Waals surface area (Å²) in [7, 11) is -7.69. The number of benzene rings is 3. The van der Waals surface area contributed by atoms with E-state index in [0.717, 1.165) is 0 Å². The van der Waals surface area contributed by atoms with Gasteiger partial charge in [0.05, 0.1) is 19.6 Å². The second-order valence-corrected chi connectivity index (χ2v) is 12.5. The minimum atomic E-state index is -3.85. The maximum Gasteiger partial charge on any atom is 0.207 e. The molecule has 0 fully saturated rings. The molecule has 0 bridgehead atoms. The molecule has 3 rings (SSSR count). The van der Waals surface area contributed by atoms with E-state index in [-0.39, 0.29) is 31.4 Å². The highest BCUT2D eigenvalue weighted by atomic mass is 32.2. The normalized spacial score (nSPS) is 12.5. The van der Waals surface area contributed by atoms with E-state index in [9.17, 15) is 16.8 Å². The van der Waals surface area contributed by atoms with Crippen molar-refractivity contribution in [2.75, 3.05) is 0 Å². The molecule has 0 aliphatic rings. The Labute approximate surface area is 192 Å². The number of hydrogen-bond acceptors (Lipinski definition) is 4. The van der Waals surface area contributed by atoms with Crippen LogP contribution >= 0.6 is 0 Å². The van der Waals surface area contributed by atoms with Crippen LogP contribution in [0.15, 0.2) is 80.2 Å². The molecule has 0 heterocycles. The Bertz CT molecular complexity index is 1230. The molecule has 0 amide bonds. The molecule has 0 aliphatic heterocycles. The van der Waals surface area contributed by atoms with Crippen molar-refractivity contribution in [3.05, 3.63) is 82.9 Å². The van der Waals surface area contributed by atoms with E-state index < -0.39 is 19.7 Å². The van der Waals surface area contributed by atoms with Crippen molar-refractivity contribution in [3.63, 3.8) is 0 Å². The summed E-state index contributed by atoms with van der Waals surface area (Å²) in [6, 6.07) is 16.7. The third-order valence-corrected chi connectivity index (χ3v) is 9.73. The first kappa shape index (κ1) is 24.2. The minimum absolute atomic E-state index is 0.190. The molecule has 0 spiro atoms. The summed E-state index contributed by atoms with van der Waals surface area (Å²) in [6.07, 6.45) is 0. The Hall–Kier alpha value is -2.44. The smallest absolute Gasteiger partial charge is 0.207 e. The van der Waals surface area contributed by atoms with Gasteiger partial charge in [-0.3, -0.25) is 0 Å². The summed E-state index contributed by atoms with van der Waals surface area (Å²) in [5.74, 6) is -0.380. The highest BCUT2D eigenvalue weighted by molar-refractivity contribution is 7.92. The first-order valence-electron chi connectivity index (χ1n) is 10.7. The van der Waals surface area contributed by atoms with Crippen LogP contribution in [0.5, 0.6) is 0 Å². The Morgan fingerprint density at radius 2 is 0.812 bits per heavy atom. The largest absolute Gasteiger partial charge is 0.218 e. The summed E-state index contributed by atoms with van der Waals surface area (Å²) in [5.41, 5.74) is 2.14. The second-order valence-electron chi connectivity index (χ2n) is 8.68. The summed E-state index contributed by atoms with van der Waals surface area (Å²) >= 11 is 0. The van der Waals surface area contributed by atoms with Crippen LogP contribution in [0.1, 0.15) is 61.8 Å². The molecule has 32 heavy (non-hydrogen) atoms. The van der Waals surface area contributed by atoms with E-state index in [2.05, 4.69) is 0 Å². The van der Waals surface area contributed by atoms with Gasteiger partial charge in [0.1, 0.15) is 0 Å². The predicted octanol–water partition coefficient (Wildman–Crippen LogP) is 6.22. The van der Waals surface area contributed by atoms with E-state index in [0.29, 0.717) is 22.3 Å². The standard InChI is InChI=1S/C26H30O4S2/c1-17(2)23-24(18(3)4)26(32(29,30)22-15-11-8-12-16-22)20(6)19(5)25(23)31(27,28)21-13-9-7-10-14-21/h7-18H,1-6H3. The molecule has 0 atom stereocenters. The molecule has 0 radical (unpaired) electrons. The fourth-order valence-corrected chi connectivity index (χ4v) is 8.15. The Morgan fingerprint density at radius 1 is 0.531 bits per heavy atom. The summed E-state index contributed by atoms with van der Waals surface area (Å²) in [4.78, 5) is 0.870. The summed E-state index contributed by atoms with van der Waals surface area (Å²) in [6.45, 7) is 11.1. The van der Waals surface area contributed by atoms with Gasteiger partial charge in [-0.2, -0.15) is 0 Å². The second kappa shape index (κ2) is 8.83. The number of hydrogen-bond donors (Lipinski definition) is 0. The van der Waals surface area contributed by atoms with Crippen LogP contribution in [0.2, 0.25) is 0 Å². The molecule has 0 unspecified atom stereocenters. The van der Waals surface area contributed by atoms with Crippen LogP contribution in [0, 0.1) is 13.8 Å². The molecule has 3 aromatic rings. The van der Waals surface area contributed by atoms with Crippen molar-refractivity contribution in [1.29, 1.82) is 0 Å². The third-order valence-electron chi connectivity index (χ3n) is 5.82. The summed E-state index contributed by atoms with van der Waals surface area (Å²) < 4.78 is 55.2. The van der Waals surface area contributed by atoms with Crippen LogP contribution in [0.25, 0.3) is 0 Å². The van der Waals surface area contributed by atoms with Crippen LogP contribution in [0.4, 0.5) is 0 Å². The Kier molecular flexibility index (Phi) is 6.68. The van der Waals surface area contributed by atoms with E-state index >= 15 is 0 Å². The molecule has 3 aromatic carbocycles.